The van der Waals surface area contributed by atoms with Gasteiger partial charge in [0.25, 0.3) is 0 Å². The molecule has 2 aromatic rings. The summed E-state index contributed by atoms with van der Waals surface area (Å²) in [6.07, 6.45) is 5.61. The molecule has 8 heteroatoms. The van der Waals surface area contributed by atoms with Crippen molar-refractivity contribution in [3.8, 4) is 0 Å². The van der Waals surface area contributed by atoms with Crippen LogP contribution < -0.4 is 10.2 Å². The maximum atomic E-state index is 12.3. The Bertz CT molecular complexity index is 941. The highest BCUT2D eigenvalue weighted by molar-refractivity contribution is 5.83. The molecule has 0 unspecified atom stereocenters. The van der Waals surface area contributed by atoms with E-state index < -0.39 is 0 Å². The summed E-state index contributed by atoms with van der Waals surface area (Å²) in [5.74, 6) is 1.96. The van der Waals surface area contributed by atoms with Crippen LogP contribution in [0, 0.1) is 6.92 Å². The van der Waals surface area contributed by atoms with E-state index in [0.29, 0.717) is 13.1 Å². The largest absolute Gasteiger partial charge is 0.350 e. The van der Waals surface area contributed by atoms with Gasteiger partial charge in [0.05, 0.1) is 18.8 Å². The zero-order valence-electron chi connectivity index (χ0n) is 18.3. The van der Waals surface area contributed by atoms with Crippen LogP contribution in [0.3, 0.4) is 0 Å². The van der Waals surface area contributed by atoms with Gasteiger partial charge in [-0.15, -0.1) is 0 Å². The number of amides is 2. The maximum Gasteiger partial charge on any atom is 0.241 e. The van der Waals surface area contributed by atoms with Gasteiger partial charge in [0.2, 0.25) is 11.8 Å². The van der Waals surface area contributed by atoms with Crippen LogP contribution in [0.4, 0.5) is 5.82 Å². The molecule has 0 atom stereocenters. The second-order valence-corrected chi connectivity index (χ2v) is 8.38. The fourth-order valence-electron chi connectivity index (χ4n) is 4.43. The third-order valence-electron chi connectivity index (χ3n) is 6.14. The van der Waals surface area contributed by atoms with Gasteiger partial charge in [-0.25, -0.2) is 9.97 Å². The Morgan fingerprint density at radius 3 is 2.68 bits per heavy atom. The SMILES string of the molecule is CC(=O)NCC(=O)N1CCC(c2nc(C)c3c(n2)N(Cc2ccccn2)CCC3)CC1. The number of nitrogens with zero attached hydrogens (tertiary/aromatic N) is 5. The fourth-order valence-corrected chi connectivity index (χ4v) is 4.43. The van der Waals surface area contributed by atoms with Crippen LogP contribution in [0.2, 0.25) is 0 Å². The summed E-state index contributed by atoms with van der Waals surface area (Å²) in [6, 6.07) is 6.01. The number of piperidine rings is 1. The zero-order chi connectivity index (χ0) is 21.8. The van der Waals surface area contributed by atoms with Gasteiger partial charge in [-0.3, -0.25) is 14.6 Å². The minimum absolute atomic E-state index is 0.0299. The van der Waals surface area contributed by atoms with E-state index in [1.54, 1.807) is 0 Å². The third-order valence-corrected chi connectivity index (χ3v) is 6.14. The van der Waals surface area contributed by atoms with E-state index >= 15 is 0 Å². The van der Waals surface area contributed by atoms with E-state index in [2.05, 4.69) is 28.2 Å². The minimum Gasteiger partial charge on any atom is -0.350 e. The summed E-state index contributed by atoms with van der Waals surface area (Å²) in [5, 5.41) is 2.59. The molecule has 8 nitrogen and oxygen atoms in total. The van der Waals surface area contributed by atoms with Crippen LogP contribution in [-0.2, 0) is 22.6 Å². The van der Waals surface area contributed by atoms with E-state index in [1.807, 2.05) is 23.2 Å². The molecule has 0 spiro atoms. The zero-order valence-corrected chi connectivity index (χ0v) is 18.3. The number of fused-ring (bicyclic) bond motifs is 1. The van der Waals surface area contributed by atoms with Crippen LogP contribution in [-0.4, -0.2) is 57.8 Å². The molecule has 2 amide bonds. The average molecular weight is 423 g/mol. The number of hydrogen-bond donors (Lipinski definition) is 1. The van der Waals surface area contributed by atoms with Gasteiger partial charge in [0.15, 0.2) is 0 Å². The van der Waals surface area contributed by atoms with Crippen molar-refractivity contribution >= 4 is 17.6 Å². The smallest absolute Gasteiger partial charge is 0.241 e. The number of likely N-dealkylation sites (tertiary alicyclic amines) is 1. The summed E-state index contributed by atoms with van der Waals surface area (Å²) in [5.41, 5.74) is 3.35. The third kappa shape index (κ3) is 5.00. The molecule has 31 heavy (non-hydrogen) atoms. The molecule has 1 saturated heterocycles. The van der Waals surface area contributed by atoms with Crippen molar-refractivity contribution in [2.24, 2.45) is 0 Å². The summed E-state index contributed by atoms with van der Waals surface area (Å²) < 4.78 is 0. The molecule has 4 rings (SSSR count). The number of carbonyl (C=O) groups excluding carboxylic acids is 2. The molecule has 0 aliphatic carbocycles. The Balaban J connectivity index is 1.47. The Morgan fingerprint density at radius 2 is 1.97 bits per heavy atom. The van der Waals surface area contributed by atoms with Crippen LogP contribution in [0.15, 0.2) is 24.4 Å². The van der Waals surface area contributed by atoms with Crippen molar-refractivity contribution in [3.05, 3.63) is 47.2 Å². The van der Waals surface area contributed by atoms with E-state index in [4.69, 9.17) is 9.97 Å². The van der Waals surface area contributed by atoms with Crippen LogP contribution in [0.5, 0.6) is 0 Å². The molecular formula is C23H30N6O2. The van der Waals surface area contributed by atoms with Crippen molar-refractivity contribution in [3.63, 3.8) is 0 Å². The highest BCUT2D eigenvalue weighted by Crippen LogP contribution is 2.32. The van der Waals surface area contributed by atoms with Crippen molar-refractivity contribution in [1.82, 2.24) is 25.2 Å². The average Bonchev–Trinajstić information content (AvgIpc) is 2.78. The maximum absolute atomic E-state index is 12.3. The Labute approximate surface area is 183 Å². The molecule has 1 N–H and O–H groups in total. The molecular weight excluding hydrogens is 392 g/mol. The van der Waals surface area contributed by atoms with Crippen molar-refractivity contribution in [1.29, 1.82) is 0 Å². The summed E-state index contributed by atoms with van der Waals surface area (Å²) >= 11 is 0. The minimum atomic E-state index is -0.184. The van der Waals surface area contributed by atoms with Crippen LogP contribution >= 0.6 is 0 Å². The van der Waals surface area contributed by atoms with Crippen LogP contribution in [0.1, 0.15) is 54.9 Å². The van der Waals surface area contributed by atoms with Gasteiger partial charge in [-0.05, 0) is 44.7 Å². The van der Waals surface area contributed by atoms with Crippen molar-refractivity contribution in [2.45, 2.75) is 52.0 Å². The number of hydrogen-bond acceptors (Lipinski definition) is 6. The Morgan fingerprint density at radius 1 is 1.16 bits per heavy atom. The number of anilines is 1. The number of carbonyl (C=O) groups is 2. The molecule has 0 bridgehead atoms. The van der Waals surface area contributed by atoms with Gasteiger partial charge in [0.1, 0.15) is 11.6 Å². The lowest BCUT2D eigenvalue weighted by Crippen LogP contribution is -2.43. The van der Waals surface area contributed by atoms with Crippen molar-refractivity contribution in [2.75, 3.05) is 31.1 Å². The number of pyridine rings is 1. The first-order chi connectivity index (χ1) is 15.0. The monoisotopic (exact) mass is 422 g/mol. The van der Waals surface area contributed by atoms with Crippen LogP contribution in [0.25, 0.3) is 0 Å². The number of aryl methyl sites for hydroxylation is 1. The van der Waals surface area contributed by atoms with Gasteiger partial charge in [0, 0.05) is 49.9 Å². The Hall–Kier alpha value is -3.03. The van der Waals surface area contributed by atoms with E-state index in [-0.39, 0.29) is 24.3 Å². The molecule has 2 aromatic heterocycles. The van der Waals surface area contributed by atoms with Gasteiger partial charge in [-0.1, -0.05) is 6.07 Å². The summed E-state index contributed by atoms with van der Waals surface area (Å²) in [6.45, 7) is 6.62. The lowest BCUT2D eigenvalue weighted by Gasteiger charge is -2.34. The molecule has 0 aromatic carbocycles. The standard InChI is InChI=1S/C23H30N6O2/c1-16-20-7-5-11-29(15-19-6-3-4-10-24-19)23(20)27-22(26-16)18-8-12-28(13-9-18)21(31)14-25-17(2)30/h3-4,6,10,18H,5,7-9,11-15H2,1-2H3,(H,25,30). The predicted octanol–water partition coefficient (Wildman–Crippen LogP) is 1.97. The molecule has 164 valence electrons. The predicted molar refractivity (Wildman–Crippen MR) is 118 cm³/mol. The Kier molecular flexibility index (Phi) is 6.44. The number of nitrogens with one attached hydrogen (secondary N) is 1. The molecule has 0 saturated carbocycles. The summed E-state index contributed by atoms with van der Waals surface area (Å²) in [4.78, 5) is 41.9. The highest BCUT2D eigenvalue weighted by atomic mass is 16.2. The van der Waals surface area contributed by atoms with E-state index in [0.717, 1.165) is 61.8 Å². The molecule has 4 heterocycles. The quantitative estimate of drug-likeness (QED) is 0.792. The topological polar surface area (TPSA) is 91.3 Å². The second-order valence-electron chi connectivity index (χ2n) is 8.38. The fraction of sp³-hybridized carbons (Fsp3) is 0.522. The van der Waals surface area contributed by atoms with E-state index in [1.165, 1.54) is 12.5 Å². The number of aromatic nitrogens is 3. The lowest BCUT2D eigenvalue weighted by molar-refractivity contribution is -0.133. The normalized spacial score (nSPS) is 16.7. The molecule has 1 fully saturated rings. The van der Waals surface area contributed by atoms with Gasteiger partial charge < -0.3 is 15.1 Å². The second kappa shape index (κ2) is 9.41. The first kappa shape index (κ1) is 21.2. The van der Waals surface area contributed by atoms with E-state index in [9.17, 15) is 9.59 Å². The molecule has 2 aliphatic heterocycles. The van der Waals surface area contributed by atoms with Crippen molar-refractivity contribution < 1.29 is 9.59 Å². The lowest BCUT2D eigenvalue weighted by atomic mass is 9.95. The first-order valence-corrected chi connectivity index (χ1v) is 11.1. The first-order valence-electron chi connectivity index (χ1n) is 11.1. The van der Waals surface area contributed by atoms with Gasteiger partial charge >= 0.3 is 0 Å². The highest BCUT2D eigenvalue weighted by Gasteiger charge is 2.28. The molecule has 0 radical (unpaired) electrons. The summed E-state index contributed by atoms with van der Waals surface area (Å²) in [7, 11) is 0. The molecule has 2 aliphatic rings. The van der Waals surface area contributed by atoms with Gasteiger partial charge in [-0.2, -0.15) is 0 Å². The number of rotatable bonds is 5.